The largest absolute Gasteiger partial charge is 0.388 e. The van der Waals surface area contributed by atoms with Crippen molar-refractivity contribution in [3.63, 3.8) is 0 Å². The van der Waals surface area contributed by atoms with Gasteiger partial charge < -0.3 is 9.67 Å². The molecule has 0 spiro atoms. The van der Waals surface area contributed by atoms with E-state index in [-0.39, 0.29) is 11.9 Å². The summed E-state index contributed by atoms with van der Waals surface area (Å²) in [5.74, 6) is -0.211. The molecule has 0 saturated carbocycles. The van der Waals surface area contributed by atoms with E-state index in [1.807, 2.05) is 19.2 Å². The van der Waals surface area contributed by atoms with Gasteiger partial charge in [0.05, 0.1) is 6.10 Å². The quantitative estimate of drug-likeness (QED) is 0.819. The summed E-state index contributed by atoms with van der Waals surface area (Å²) in [5, 5.41) is 9.96. The number of aliphatic hydroxyl groups excluding tert-OH is 1. The summed E-state index contributed by atoms with van der Waals surface area (Å²) in [4.78, 5) is 0. The van der Waals surface area contributed by atoms with E-state index in [9.17, 15) is 9.50 Å². The van der Waals surface area contributed by atoms with Gasteiger partial charge in [0, 0.05) is 23.1 Å². The molecule has 0 fully saturated rings. The molecule has 1 N–H and O–H groups in total. The van der Waals surface area contributed by atoms with Gasteiger partial charge in [-0.2, -0.15) is 0 Å². The SMILES string of the molecule is Cc1cc(F)ccc1-n1ccc2c1CCCC2O. The van der Waals surface area contributed by atoms with E-state index in [2.05, 4.69) is 4.57 Å². The molecule has 1 aromatic heterocycles. The summed E-state index contributed by atoms with van der Waals surface area (Å²) >= 11 is 0. The number of aliphatic hydroxyl groups is 1. The number of benzene rings is 1. The minimum absolute atomic E-state index is 0.211. The lowest BCUT2D eigenvalue weighted by atomic mass is 9.95. The molecule has 2 aromatic rings. The highest BCUT2D eigenvalue weighted by molar-refractivity contribution is 5.45. The summed E-state index contributed by atoms with van der Waals surface area (Å²) < 4.78 is 15.2. The zero-order chi connectivity index (χ0) is 12.7. The minimum atomic E-state index is -0.351. The van der Waals surface area contributed by atoms with Crippen molar-refractivity contribution in [1.82, 2.24) is 4.57 Å². The number of hydrogen-bond donors (Lipinski definition) is 1. The number of nitrogens with zero attached hydrogens (tertiary/aromatic N) is 1. The van der Waals surface area contributed by atoms with Crippen molar-refractivity contribution in [2.75, 3.05) is 0 Å². The molecule has 1 unspecified atom stereocenters. The Morgan fingerprint density at radius 1 is 1.33 bits per heavy atom. The molecule has 1 aromatic carbocycles. The van der Waals surface area contributed by atoms with Gasteiger partial charge in [-0.15, -0.1) is 0 Å². The summed E-state index contributed by atoms with van der Waals surface area (Å²) in [7, 11) is 0. The van der Waals surface area contributed by atoms with Crippen LogP contribution in [0.15, 0.2) is 30.5 Å². The summed E-state index contributed by atoms with van der Waals surface area (Å²) in [6.45, 7) is 1.91. The van der Waals surface area contributed by atoms with Crippen LogP contribution in [0.1, 0.15) is 35.8 Å². The molecule has 18 heavy (non-hydrogen) atoms. The molecule has 1 aliphatic carbocycles. The van der Waals surface area contributed by atoms with Gasteiger partial charge in [-0.25, -0.2) is 4.39 Å². The lowest BCUT2D eigenvalue weighted by Crippen LogP contribution is -2.11. The first-order valence-electron chi connectivity index (χ1n) is 6.31. The Kier molecular flexibility index (Phi) is 2.71. The first-order chi connectivity index (χ1) is 8.66. The van der Waals surface area contributed by atoms with Crippen molar-refractivity contribution in [3.8, 4) is 5.69 Å². The van der Waals surface area contributed by atoms with Crippen LogP contribution in [0, 0.1) is 12.7 Å². The molecule has 1 heterocycles. The van der Waals surface area contributed by atoms with Crippen LogP contribution in [0.25, 0.3) is 5.69 Å². The maximum absolute atomic E-state index is 13.1. The maximum Gasteiger partial charge on any atom is 0.123 e. The van der Waals surface area contributed by atoms with Gasteiger partial charge in [-0.1, -0.05) is 0 Å². The fourth-order valence-corrected chi connectivity index (χ4v) is 2.78. The van der Waals surface area contributed by atoms with Crippen LogP contribution in [0.5, 0.6) is 0 Å². The molecule has 1 atom stereocenters. The van der Waals surface area contributed by atoms with Crippen LogP contribution in [-0.4, -0.2) is 9.67 Å². The van der Waals surface area contributed by atoms with Gasteiger partial charge in [-0.3, -0.25) is 0 Å². The lowest BCUT2D eigenvalue weighted by Gasteiger charge is -2.20. The Bertz CT molecular complexity index is 588. The third-order valence-electron chi connectivity index (χ3n) is 3.70. The first kappa shape index (κ1) is 11.5. The second-order valence-electron chi connectivity index (χ2n) is 4.93. The van der Waals surface area contributed by atoms with Gasteiger partial charge in [0.15, 0.2) is 0 Å². The first-order valence-corrected chi connectivity index (χ1v) is 6.31. The van der Waals surface area contributed by atoms with Crippen molar-refractivity contribution in [3.05, 3.63) is 53.1 Å². The van der Waals surface area contributed by atoms with Crippen LogP contribution >= 0.6 is 0 Å². The van der Waals surface area contributed by atoms with Crippen molar-refractivity contribution in [2.45, 2.75) is 32.3 Å². The molecule has 0 aliphatic heterocycles. The van der Waals surface area contributed by atoms with Crippen molar-refractivity contribution < 1.29 is 9.50 Å². The van der Waals surface area contributed by atoms with Gasteiger partial charge in [0.25, 0.3) is 0 Å². The highest BCUT2D eigenvalue weighted by Gasteiger charge is 2.22. The van der Waals surface area contributed by atoms with Crippen LogP contribution < -0.4 is 0 Å². The summed E-state index contributed by atoms with van der Waals surface area (Å²) in [6, 6.07) is 6.79. The topological polar surface area (TPSA) is 25.2 Å². The monoisotopic (exact) mass is 245 g/mol. The molecular formula is C15H16FNO. The van der Waals surface area contributed by atoms with Crippen LogP contribution in [0.3, 0.4) is 0 Å². The fraction of sp³-hybridized carbons (Fsp3) is 0.333. The second kappa shape index (κ2) is 4.25. The van der Waals surface area contributed by atoms with E-state index in [1.165, 1.54) is 6.07 Å². The minimum Gasteiger partial charge on any atom is -0.388 e. The smallest absolute Gasteiger partial charge is 0.123 e. The molecule has 0 saturated heterocycles. The zero-order valence-corrected chi connectivity index (χ0v) is 10.4. The molecule has 2 nitrogen and oxygen atoms in total. The van der Waals surface area contributed by atoms with E-state index in [1.54, 1.807) is 12.1 Å². The Labute approximate surface area is 106 Å². The van der Waals surface area contributed by atoms with E-state index in [0.29, 0.717) is 0 Å². The Hall–Kier alpha value is -1.61. The lowest BCUT2D eigenvalue weighted by molar-refractivity contribution is 0.156. The molecule has 3 rings (SSSR count). The number of aryl methyl sites for hydroxylation is 1. The molecule has 0 bridgehead atoms. The zero-order valence-electron chi connectivity index (χ0n) is 10.4. The van der Waals surface area contributed by atoms with Gasteiger partial charge >= 0.3 is 0 Å². The predicted molar refractivity (Wildman–Crippen MR) is 68.4 cm³/mol. The van der Waals surface area contributed by atoms with E-state index < -0.39 is 0 Å². The van der Waals surface area contributed by atoms with Crippen LogP contribution in [0.2, 0.25) is 0 Å². The molecule has 0 amide bonds. The molecule has 3 heteroatoms. The average Bonchev–Trinajstić information content (AvgIpc) is 2.74. The van der Waals surface area contributed by atoms with Crippen molar-refractivity contribution in [2.24, 2.45) is 0 Å². The van der Waals surface area contributed by atoms with Crippen LogP contribution in [0.4, 0.5) is 4.39 Å². The van der Waals surface area contributed by atoms with E-state index in [0.717, 1.165) is 41.8 Å². The van der Waals surface area contributed by atoms with E-state index >= 15 is 0 Å². The van der Waals surface area contributed by atoms with Gasteiger partial charge in [0.2, 0.25) is 0 Å². The second-order valence-corrected chi connectivity index (χ2v) is 4.93. The molecule has 0 radical (unpaired) electrons. The number of rotatable bonds is 1. The molecule has 94 valence electrons. The normalized spacial score (nSPS) is 18.7. The van der Waals surface area contributed by atoms with Crippen molar-refractivity contribution in [1.29, 1.82) is 0 Å². The Balaban J connectivity index is 2.12. The predicted octanol–water partition coefficient (Wildman–Crippen LogP) is 3.29. The molecular weight excluding hydrogens is 229 g/mol. The Morgan fingerprint density at radius 3 is 2.94 bits per heavy atom. The van der Waals surface area contributed by atoms with Gasteiger partial charge in [-0.05, 0) is 56.0 Å². The summed E-state index contributed by atoms with van der Waals surface area (Å²) in [5.41, 5.74) is 4.08. The number of aromatic nitrogens is 1. The third-order valence-corrected chi connectivity index (χ3v) is 3.70. The van der Waals surface area contributed by atoms with Gasteiger partial charge in [0.1, 0.15) is 5.82 Å². The third kappa shape index (κ3) is 1.75. The highest BCUT2D eigenvalue weighted by atomic mass is 19.1. The average molecular weight is 245 g/mol. The number of hydrogen-bond acceptors (Lipinski definition) is 1. The Morgan fingerprint density at radius 2 is 2.17 bits per heavy atom. The maximum atomic E-state index is 13.1. The summed E-state index contributed by atoms with van der Waals surface area (Å²) in [6.07, 6.45) is 4.42. The number of fused-ring (bicyclic) bond motifs is 1. The molecule has 1 aliphatic rings. The van der Waals surface area contributed by atoms with Crippen molar-refractivity contribution >= 4 is 0 Å². The standard InChI is InChI=1S/C15H16FNO/c1-10-9-11(16)5-6-13(10)17-8-7-12-14(17)3-2-4-15(12)18/h5-9,15,18H,2-4H2,1H3. The fourth-order valence-electron chi connectivity index (χ4n) is 2.78. The van der Waals surface area contributed by atoms with Crippen LogP contribution in [-0.2, 0) is 6.42 Å². The highest BCUT2D eigenvalue weighted by Crippen LogP contribution is 2.32. The van der Waals surface area contributed by atoms with E-state index in [4.69, 9.17) is 0 Å². The number of halogens is 1.